The molecule has 0 saturated heterocycles. The lowest BCUT2D eigenvalue weighted by Crippen LogP contribution is -2.10. The summed E-state index contributed by atoms with van der Waals surface area (Å²) in [6.45, 7) is 0.941. The molecule has 0 bridgehead atoms. The molecule has 1 aliphatic rings. The van der Waals surface area contributed by atoms with Crippen LogP contribution in [0.15, 0.2) is 24.3 Å². The smallest absolute Gasteiger partial charge is 0.0533 e. The highest BCUT2D eigenvalue weighted by molar-refractivity contribution is 5.53. The fourth-order valence-electron chi connectivity index (χ4n) is 1.03. The maximum absolute atomic E-state index is 3.05. The molecular weight excluding hydrogens is 124 g/mol. The third-order valence-corrected chi connectivity index (χ3v) is 1.52. The number of hydrazine groups is 1. The van der Waals surface area contributed by atoms with Crippen LogP contribution in [0.25, 0.3) is 0 Å². The summed E-state index contributed by atoms with van der Waals surface area (Å²) in [7, 11) is 0. The number of anilines is 1. The van der Waals surface area contributed by atoms with E-state index < -0.39 is 0 Å². The van der Waals surface area contributed by atoms with Crippen molar-refractivity contribution >= 4 is 5.69 Å². The van der Waals surface area contributed by atoms with Gasteiger partial charge in [-0.05, 0) is 11.6 Å². The van der Waals surface area contributed by atoms with Gasteiger partial charge < -0.3 is 5.43 Å². The van der Waals surface area contributed by atoms with Crippen LogP contribution in [0.5, 0.6) is 0 Å². The van der Waals surface area contributed by atoms with Crippen molar-refractivity contribution in [3.63, 3.8) is 0 Å². The summed E-state index contributed by atoms with van der Waals surface area (Å²) in [5, 5.41) is 0. The molecule has 1 aliphatic heterocycles. The minimum atomic E-state index is 0. The predicted octanol–water partition coefficient (Wildman–Crippen LogP) is 1.75. The second-order valence-electron chi connectivity index (χ2n) is 2.14. The standard InChI is InChI=1S/C7H8N2.CH4/c1-2-4-7-6(3-1)5-8-9-7;/h1-4,8-9H,5H2;1H4. The maximum atomic E-state index is 3.05. The Morgan fingerprint density at radius 1 is 1.20 bits per heavy atom. The molecule has 2 nitrogen and oxygen atoms in total. The van der Waals surface area contributed by atoms with Crippen LogP contribution < -0.4 is 10.9 Å². The molecule has 0 radical (unpaired) electrons. The van der Waals surface area contributed by atoms with Crippen molar-refractivity contribution in [2.24, 2.45) is 0 Å². The molecule has 0 unspecified atom stereocenters. The molecule has 0 fully saturated rings. The molecule has 10 heavy (non-hydrogen) atoms. The van der Waals surface area contributed by atoms with Crippen LogP contribution in [0.3, 0.4) is 0 Å². The Morgan fingerprint density at radius 3 is 2.80 bits per heavy atom. The van der Waals surface area contributed by atoms with Gasteiger partial charge in [-0.1, -0.05) is 25.6 Å². The minimum Gasteiger partial charge on any atom is -0.321 e. The van der Waals surface area contributed by atoms with E-state index in [2.05, 4.69) is 23.0 Å². The van der Waals surface area contributed by atoms with E-state index in [9.17, 15) is 0 Å². The summed E-state index contributed by atoms with van der Waals surface area (Å²) in [6.07, 6.45) is 0. The first-order valence-electron chi connectivity index (χ1n) is 3.03. The molecule has 0 aliphatic carbocycles. The molecule has 0 amide bonds. The Hall–Kier alpha value is -1.02. The van der Waals surface area contributed by atoms with Crippen LogP contribution in [0.2, 0.25) is 0 Å². The van der Waals surface area contributed by atoms with Gasteiger partial charge in [0.05, 0.1) is 5.69 Å². The van der Waals surface area contributed by atoms with Crippen molar-refractivity contribution in [2.75, 3.05) is 5.43 Å². The SMILES string of the molecule is C.c1ccc2c(c1)CNN2. The third-order valence-electron chi connectivity index (χ3n) is 1.52. The molecule has 0 saturated carbocycles. The summed E-state index contributed by atoms with van der Waals surface area (Å²) in [4.78, 5) is 0. The average Bonchev–Trinajstić information content (AvgIpc) is 2.33. The van der Waals surface area contributed by atoms with Crippen molar-refractivity contribution in [3.05, 3.63) is 29.8 Å². The van der Waals surface area contributed by atoms with Gasteiger partial charge in [0.25, 0.3) is 0 Å². The zero-order valence-corrected chi connectivity index (χ0v) is 5.02. The van der Waals surface area contributed by atoms with Gasteiger partial charge in [-0.25, -0.2) is 5.43 Å². The second kappa shape index (κ2) is 2.71. The summed E-state index contributed by atoms with van der Waals surface area (Å²) in [5.41, 5.74) is 8.64. The number of fused-ring (bicyclic) bond motifs is 1. The van der Waals surface area contributed by atoms with Crippen LogP contribution in [-0.2, 0) is 6.54 Å². The lowest BCUT2D eigenvalue weighted by Gasteiger charge is -1.93. The summed E-state index contributed by atoms with van der Waals surface area (Å²) < 4.78 is 0. The Balaban J connectivity index is 0.000000500. The first-order valence-corrected chi connectivity index (χ1v) is 3.03. The fourth-order valence-corrected chi connectivity index (χ4v) is 1.03. The largest absolute Gasteiger partial charge is 0.321 e. The van der Waals surface area contributed by atoms with E-state index in [1.54, 1.807) is 0 Å². The fraction of sp³-hybridized carbons (Fsp3) is 0.250. The molecule has 0 atom stereocenters. The Bertz CT molecular complexity index is 197. The van der Waals surface area contributed by atoms with Crippen LogP contribution in [0.1, 0.15) is 13.0 Å². The van der Waals surface area contributed by atoms with E-state index in [1.807, 2.05) is 12.1 Å². The van der Waals surface area contributed by atoms with Crippen molar-refractivity contribution in [1.82, 2.24) is 5.43 Å². The molecule has 54 valence electrons. The lowest BCUT2D eigenvalue weighted by atomic mass is 10.2. The first kappa shape index (κ1) is 7.09. The number of hydrogen-bond donors (Lipinski definition) is 2. The summed E-state index contributed by atoms with van der Waals surface area (Å²) in [6, 6.07) is 8.25. The number of nitrogens with one attached hydrogen (secondary N) is 2. The van der Waals surface area contributed by atoms with Crippen molar-refractivity contribution in [2.45, 2.75) is 14.0 Å². The van der Waals surface area contributed by atoms with Crippen LogP contribution in [0.4, 0.5) is 5.69 Å². The topological polar surface area (TPSA) is 24.1 Å². The molecule has 2 heteroatoms. The number of para-hydroxylation sites is 1. The van der Waals surface area contributed by atoms with E-state index >= 15 is 0 Å². The summed E-state index contributed by atoms with van der Waals surface area (Å²) in [5.74, 6) is 0. The Morgan fingerprint density at radius 2 is 2.00 bits per heavy atom. The molecule has 1 aromatic rings. The molecule has 1 heterocycles. The predicted molar refractivity (Wildman–Crippen MR) is 43.6 cm³/mol. The maximum Gasteiger partial charge on any atom is 0.0533 e. The Kier molecular flexibility index (Phi) is 1.92. The third kappa shape index (κ3) is 0.977. The van der Waals surface area contributed by atoms with Crippen molar-refractivity contribution < 1.29 is 0 Å². The molecule has 0 aromatic heterocycles. The molecule has 0 spiro atoms. The van der Waals surface area contributed by atoms with Gasteiger partial charge in [0.2, 0.25) is 0 Å². The first-order chi connectivity index (χ1) is 4.47. The number of rotatable bonds is 0. The van der Waals surface area contributed by atoms with Gasteiger partial charge in [0.15, 0.2) is 0 Å². The van der Waals surface area contributed by atoms with Crippen LogP contribution in [-0.4, -0.2) is 0 Å². The average molecular weight is 136 g/mol. The summed E-state index contributed by atoms with van der Waals surface area (Å²) >= 11 is 0. The monoisotopic (exact) mass is 136 g/mol. The van der Waals surface area contributed by atoms with Gasteiger partial charge in [-0.2, -0.15) is 0 Å². The van der Waals surface area contributed by atoms with Gasteiger partial charge in [-0.3, -0.25) is 0 Å². The number of hydrogen-bond acceptors (Lipinski definition) is 2. The van der Waals surface area contributed by atoms with Gasteiger partial charge in [-0.15, -0.1) is 0 Å². The van der Waals surface area contributed by atoms with Crippen LogP contribution in [0, 0.1) is 0 Å². The lowest BCUT2D eigenvalue weighted by molar-refractivity contribution is 0.860. The molecule has 2 rings (SSSR count). The van der Waals surface area contributed by atoms with E-state index in [-0.39, 0.29) is 7.43 Å². The second-order valence-corrected chi connectivity index (χ2v) is 2.14. The highest BCUT2D eigenvalue weighted by Gasteiger charge is 2.05. The quantitative estimate of drug-likeness (QED) is 0.567. The van der Waals surface area contributed by atoms with Crippen LogP contribution >= 0.6 is 0 Å². The highest BCUT2D eigenvalue weighted by atomic mass is 15.4. The van der Waals surface area contributed by atoms with Crippen molar-refractivity contribution in [1.29, 1.82) is 0 Å². The normalized spacial score (nSPS) is 13.2. The van der Waals surface area contributed by atoms with E-state index in [0.29, 0.717) is 0 Å². The zero-order chi connectivity index (χ0) is 6.10. The van der Waals surface area contributed by atoms with Gasteiger partial charge in [0, 0.05) is 6.54 Å². The van der Waals surface area contributed by atoms with E-state index in [1.165, 1.54) is 11.3 Å². The molecule has 2 N–H and O–H groups in total. The molecular formula is C8H12N2. The zero-order valence-electron chi connectivity index (χ0n) is 5.02. The van der Waals surface area contributed by atoms with Gasteiger partial charge >= 0.3 is 0 Å². The van der Waals surface area contributed by atoms with Gasteiger partial charge in [0.1, 0.15) is 0 Å². The van der Waals surface area contributed by atoms with Crippen molar-refractivity contribution in [3.8, 4) is 0 Å². The molecule has 1 aromatic carbocycles. The highest BCUT2D eigenvalue weighted by Crippen LogP contribution is 2.17. The minimum absolute atomic E-state index is 0. The van der Waals surface area contributed by atoms with E-state index in [0.717, 1.165) is 6.54 Å². The van der Waals surface area contributed by atoms with E-state index in [4.69, 9.17) is 0 Å². The number of benzene rings is 1. The Labute approximate surface area is 61.2 Å².